The van der Waals surface area contributed by atoms with E-state index in [0.717, 1.165) is 5.92 Å². The van der Waals surface area contributed by atoms with Gasteiger partial charge >= 0.3 is 0 Å². The highest BCUT2D eigenvalue weighted by molar-refractivity contribution is 5.28. The lowest BCUT2D eigenvalue weighted by Crippen LogP contribution is -2.42. The third-order valence-corrected chi connectivity index (χ3v) is 6.33. The Bertz CT molecular complexity index is 582. The van der Waals surface area contributed by atoms with Gasteiger partial charge in [-0.1, -0.05) is 30.7 Å². The van der Waals surface area contributed by atoms with Crippen molar-refractivity contribution < 1.29 is 5.11 Å². The van der Waals surface area contributed by atoms with Crippen LogP contribution in [-0.2, 0) is 0 Å². The van der Waals surface area contributed by atoms with Crippen molar-refractivity contribution in [3.8, 4) is 5.75 Å². The van der Waals surface area contributed by atoms with E-state index in [9.17, 15) is 5.11 Å². The standard InChI is InChI=1S/C21H29NO/c1-16-12-17-6-9-21(13-16,14-17)15-22-10-7-19(8-11-22)18-2-4-20(23)5-3-18/h2-6,16,19,23H,7-15H2,1H3. The van der Waals surface area contributed by atoms with Crippen LogP contribution in [0.3, 0.4) is 0 Å². The predicted octanol–water partition coefficient (Wildman–Crippen LogP) is 4.71. The summed E-state index contributed by atoms with van der Waals surface area (Å²) in [6.45, 7) is 6.21. The Morgan fingerprint density at radius 1 is 1.17 bits per heavy atom. The molecule has 2 unspecified atom stereocenters. The lowest BCUT2D eigenvalue weighted by atomic mass is 9.71. The molecule has 124 valence electrons. The molecule has 1 aromatic rings. The topological polar surface area (TPSA) is 23.5 Å². The first kappa shape index (κ1) is 15.3. The molecule has 3 aliphatic rings. The van der Waals surface area contributed by atoms with Gasteiger partial charge in [0.2, 0.25) is 0 Å². The van der Waals surface area contributed by atoms with E-state index in [0.29, 0.717) is 17.1 Å². The number of benzene rings is 1. The fraction of sp³-hybridized carbons (Fsp3) is 0.619. The quantitative estimate of drug-likeness (QED) is 0.817. The first-order valence-corrected chi connectivity index (χ1v) is 9.31. The summed E-state index contributed by atoms with van der Waals surface area (Å²) in [6.07, 6.45) is 10.5. The van der Waals surface area contributed by atoms with E-state index >= 15 is 0 Å². The van der Waals surface area contributed by atoms with E-state index < -0.39 is 0 Å². The molecule has 1 aliphatic heterocycles. The number of hydrogen-bond donors (Lipinski definition) is 1. The zero-order chi connectivity index (χ0) is 15.9. The number of allylic oxidation sites excluding steroid dienone is 2. The van der Waals surface area contributed by atoms with Gasteiger partial charge in [0.1, 0.15) is 5.75 Å². The van der Waals surface area contributed by atoms with Gasteiger partial charge < -0.3 is 10.0 Å². The smallest absolute Gasteiger partial charge is 0.115 e. The molecular formula is C21H29NO. The highest BCUT2D eigenvalue weighted by atomic mass is 16.3. The summed E-state index contributed by atoms with van der Waals surface area (Å²) in [4.78, 5) is 2.73. The number of rotatable bonds is 3. The number of aromatic hydroxyl groups is 1. The molecule has 1 saturated heterocycles. The van der Waals surface area contributed by atoms with Gasteiger partial charge in [0.05, 0.1) is 0 Å². The summed E-state index contributed by atoms with van der Waals surface area (Å²) in [7, 11) is 0. The van der Waals surface area contributed by atoms with Crippen LogP contribution < -0.4 is 0 Å². The number of phenols is 1. The Labute approximate surface area is 140 Å². The number of hydrogen-bond acceptors (Lipinski definition) is 2. The monoisotopic (exact) mass is 311 g/mol. The first-order valence-electron chi connectivity index (χ1n) is 9.31. The van der Waals surface area contributed by atoms with Gasteiger partial charge in [-0.25, -0.2) is 0 Å². The van der Waals surface area contributed by atoms with Gasteiger partial charge in [0, 0.05) is 6.54 Å². The van der Waals surface area contributed by atoms with Crippen LogP contribution in [0.25, 0.3) is 0 Å². The molecule has 2 atom stereocenters. The molecule has 1 aromatic carbocycles. The second-order valence-corrected chi connectivity index (χ2v) is 8.40. The van der Waals surface area contributed by atoms with Gasteiger partial charge in [-0.15, -0.1) is 0 Å². The molecule has 0 radical (unpaired) electrons. The van der Waals surface area contributed by atoms with Gasteiger partial charge in [-0.05, 0) is 86.6 Å². The van der Waals surface area contributed by atoms with E-state index in [-0.39, 0.29) is 0 Å². The van der Waals surface area contributed by atoms with Crippen LogP contribution >= 0.6 is 0 Å². The molecule has 2 heteroatoms. The molecule has 2 bridgehead atoms. The molecule has 0 amide bonds. The second kappa shape index (κ2) is 5.98. The van der Waals surface area contributed by atoms with Crippen LogP contribution in [0.1, 0.15) is 56.9 Å². The summed E-state index contributed by atoms with van der Waals surface area (Å²) in [5, 5.41) is 9.45. The highest BCUT2D eigenvalue weighted by Crippen LogP contribution is 2.50. The highest BCUT2D eigenvalue weighted by Gasteiger charge is 2.41. The van der Waals surface area contributed by atoms with E-state index in [1.807, 2.05) is 12.1 Å². The minimum absolute atomic E-state index is 0.376. The Morgan fingerprint density at radius 3 is 2.65 bits per heavy atom. The molecule has 0 spiro atoms. The second-order valence-electron chi connectivity index (χ2n) is 8.40. The van der Waals surface area contributed by atoms with Crippen LogP contribution in [0.4, 0.5) is 0 Å². The van der Waals surface area contributed by atoms with Crippen molar-refractivity contribution in [3.63, 3.8) is 0 Å². The van der Waals surface area contributed by atoms with E-state index in [1.165, 1.54) is 63.7 Å². The van der Waals surface area contributed by atoms with E-state index in [1.54, 1.807) is 5.57 Å². The normalized spacial score (nSPS) is 32.0. The predicted molar refractivity (Wildman–Crippen MR) is 94.7 cm³/mol. The number of nitrogens with zero attached hydrogens (tertiary/aromatic N) is 1. The fourth-order valence-corrected chi connectivity index (χ4v) is 5.39. The number of fused-ring (bicyclic) bond motifs is 2. The van der Waals surface area contributed by atoms with Crippen molar-refractivity contribution in [2.45, 2.75) is 51.4 Å². The minimum atomic E-state index is 0.376. The van der Waals surface area contributed by atoms with Crippen molar-refractivity contribution in [3.05, 3.63) is 41.5 Å². The summed E-state index contributed by atoms with van der Waals surface area (Å²) in [5.74, 6) is 1.93. The Morgan fingerprint density at radius 2 is 1.91 bits per heavy atom. The summed E-state index contributed by atoms with van der Waals surface area (Å²) in [5.41, 5.74) is 3.71. The Hall–Kier alpha value is -1.28. The number of piperidine rings is 1. The van der Waals surface area contributed by atoms with E-state index in [4.69, 9.17) is 0 Å². The zero-order valence-electron chi connectivity index (χ0n) is 14.3. The number of phenolic OH excluding ortho intramolecular Hbond substituents is 1. The molecule has 0 aromatic heterocycles. The van der Waals surface area contributed by atoms with Gasteiger partial charge in [-0.3, -0.25) is 0 Å². The molecule has 1 heterocycles. The molecule has 2 fully saturated rings. The summed E-state index contributed by atoms with van der Waals surface area (Å²) >= 11 is 0. The van der Waals surface area contributed by atoms with Gasteiger partial charge in [-0.2, -0.15) is 0 Å². The molecule has 2 aliphatic carbocycles. The van der Waals surface area contributed by atoms with Gasteiger partial charge in [0.15, 0.2) is 0 Å². The van der Waals surface area contributed by atoms with Crippen molar-refractivity contribution in [2.75, 3.05) is 19.6 Å². The Balaban J connectivity index is 1.34. The lowest BCUT2D eigenvalue weighted by molar-refractivity contribution is 0.0976. The van der Waals surface area contributed by atoms with Crippen LogP contribution in [0.2, 0.25) is 0 Å². The van der Waals surface area contributed by atoms with Crippen molar-refractivity contribution in [1.29, 1.82) is 0 Å². The molecule has 23 heavy (non-hydrogen) atoms. The van der Waals surface area contributed by atoms with E-state index in [2.05, 4.69) is 30.0 Å². The molecule has 1 N–H and O–H groups in total. The molecule has 1 saturated carbocycles. The zero-order valence-corrected chi connectivity index (χ0v) is 14.3. The number of likely N-dealkylation sites (tertiary alicyclic amines) is 1. The minimum Gasteiger partial charge on any atom is -0.508 e. The molecular weight excluding hydrogens is 282 g/mol. The van der Waals surface area contributed by atoms with Crippen LogP contribution in [0.5, 0.6) is 5.75 Å². The summed E-state index contributed by atoms with van der Waals surface area (Å²) < 4.78 is 0. The third kappa shape index (κ3) is 3.19. The molecule has 4 rings (SSSR count). The van der Waals surface area contributed by atoms with Crippen LogP contribution in [0.15, 0.2) is 35.9 Å². The average molecular weight is 311 g/mol. The third-order valence-electron chi connectivity index (χ3n) is 6.33. The largest absolute Gasteiger partial charge is 0.508 e. The van der Waals surface area contributed by atoms with Crippen molar-refractivity contribution in [2.24, 2.45) is 11.3 Å². The maximum absolute atomic E-state index is 9.45. The fourth-order valence-electron chi connectivity index (χ4n) is 5.39. The lowest BCUT2D eigenvalue weighted by Gasteiger charge is -2.42. The SMILES string of the molecule is CC1CC2=CCC(CN3CCC(c4ccc(O)cc4)CC3)(C2)C1. The van der Waals surface area contributed by atoms with Crippen molar-refractivity contribution in [1.82, 2.24) is 4.90 Å². The first-order chi connectivity index (χ1) is 11.1. The maximum Gasteiger partial charge on any atom is 0.115 e. The average Bonchev–Trinajstić information content (AvgIpc) is 2.84. The van der Waals surface area contributed by atoms with Gasteiger partial charge in [0.25, 0.3) is 0 Å². The Kier molecular flexibility index (Phi) is 3.96. The van der Waals surface area contributed by atoms with Crippen molar-refractivity contribution >= 4 is 0 Å². The van der Waals surface area contributed by atoms with Crippen LogP contribution in [-0.4, -0.2) is 29.6 Å². The maximum atomic E-state index is 9.45. The van der Waals surface area contributed by atoms with Crippen LogP contribution in [0, 0.1) is 11.3 Å². The molecule has 2 nitrogen and oxygen atoms in total. The summed E-state index contributed by atoms with van der Waals surface area (Å²) in [6, 6.07) is 7.86.